The number of anilines is 3. The summed E-state index contributed by atoms with van der Waals surface area (Å²) in [6.07, 6.45) is 2.06. The monoisotopic (exact) mass is 634 g/mol. The highest BCUT2D eigenvalue weighted by Gasteiger charge is 2.35. The summed E-state index contributed by atoms with van der Waals surface area (Å²) in [7, 11) is 0. The number of benzene rings is 2. The lowest BCUT2D eigenvalue weighted by Gasteiger charge is -2.23. The molecule has 2 aromatic carbocycles. The Morgan fingerprint density at radius 3 is 2.44 bits per heavy atom. The van der Waals surface area contributed by atoms with Crippen molar-refractivity contribution >= 4 is 39.9 Å². The summed E-state index contributed by atoms with van der Waals surface area (Å²) in [6.45, 7) is 2.40. The summed E-state index contributed by atoms with van der Waals surface area (Å²) < 4.78 is 47.0. The van der Waals surface area contributed by atoms with Gasteiger partial charge in [-0.25, -0.2) is 24.4 Å². The van der Waals surface area contributed by atoms with E-state index in [9.17, 15) is 22.8 Å². The van der Waals surface area contributed by atoms with E-state index in [1.165, 1.54) is 23.7 Å². The molecule has 0 radical (unpaired) electrons. The minimum absolute atomic E-state index is 0.0184. The fraction of sp³-hybridized carbons (Fsp3) is 0.200. The molecular formula is C30H25F3N8O3S. The Hall–Kier alpha value is -5.31. The SMILES string of the molecule is Cc1ccccc1-n1nc(C(F)(F)F)cc1NC(=O)Nc1cnc(Oc2ccc(-c3cnc(N4CCCCC4=O)s3)cc2)nc1. The number of halogens is 3. The quantitative estimate of drug-likeness (QED) is 0.196. The van der Waals surface area contributed by atoms with Crippen molar-refractivity contribution in [3.8, 4) is 27.9 Å². The molecule has 0 unspecified atom stereocenters. The average molecular weight is 635 g/mol. The predicted octanol–water partition coefficient (Wildman–Crippen LogP) is 7.07. The number of ether oxygens (including phenoxy) is 1. The molecule has 3 amide bonds. The molecule has 11 nitrogen and oxygen atoms in total. The van der Waals surface area contributed by atoms with Gasteiger partial charge in [0.05, 0.1) is 28.6 Å². The normalized spacial score (nSPS) is 13.5. The second-order valence-electron chi connectivity index (χ2n) is 10.1. The van der Waals surface area contributed by atoms with Crippen LogP contribution in [0.15, 0.2) is 73.2 Å². The first-order valence-corrected chi connectivity index (χ1v) is 14.6. The zero-order valence-corrected chi connectivity index (χ0v) is 24.5. The van der Waals surface area contributed by atoms with E-state index in [0.717, 1.165) is 34.0 Å². The van der Waals surface area contributed by atoms with Crippen molar-refractivity contribution in [3.05, 3.63) is 84.4 Å². The number of carbonyl (C=O) groups excluding carboxylic acids is 2. The Kier molecular flexibility index (Phi) is 8.17. The fourth-order valence-corrected chi connectivity index (χ4v) is 5.59. The topological polar surface area (TPSA) is 127 Å². The van der Waals surface area contributed by atoms with Gasteiger partial charge in [0, 0.05) is 25.2 Å². The lowest BCUT2D eigenvalue weighted by molar-refractivity contribution is -0.141. The Labute approximate surface area is 258 Å². The lowest BCUT2D eigenvalue weighted by Crippen LogP contribution is -2.34. The van der Waals surface area contributed by atoms with Crippen LogP contribution in [-0.2, 0) is 11.0 Å². The molecule has 230 valence electrons. The Balaban J connectivity index is 1.08. The van der Waals surface area contributed by atoms with Crippen molar-refractivity contribution in [2.75, 3.05) is 22.1 Å². The van der Waals surface area contributed by atoms with Gasteiger partial charge in [0.15, 0.2) is 10.8 Å². The Morgan fingerprint density at radius 1 is 0.978 bits per heavy atom. The maximum atomic E-state index is 13.4. The number of aromatic nitrogens is 5. The number of nitrogens with one attached hydrogen (secondary N) is 2. The maximum absolute atomic E-state index is 13.4. The van der Waals surface area contributed by atoms with Gasteiger partial charge in [-0.2, -0.15) is 18.3 Å². The first-order valence-electron chi connectivity index (χ1n) is 13.8. The third kappa shape index (κ3) is 6.77. The number of urea groups is 1. The molecule has 45 heavy (non-hydrogen) atoms. The van der Waals surface area contributed by atoms with Crippen LogP contribution in [0.1, 0.15) is 30.5 Å². The highest BCUT2D eigenvalue weighted by atomic mass is 32.1. The van der Waals surface area contributed by atoms with Crippen LogP contribution in [0.25, 0.3) is 16.1 Å². The number of hydrogen-bond donors (Lipinski definition) is 2. The summed E-state index contributed by atoms with van der Waals surface area (Å²) in [4.78, 5) is 40.2. The van der Waals surface area contributed by atoms with Crippen molar-refractivity contribution in [1.82, 2.24) is 24.7 Å². The molecule has 0 saturated carbocycles. The smallest absolute Gasteiger partial charge is 0.424 e. The fourth-order valence-electron chi connectivity index (χ4n) is 4.63. The number of hydrogen-bond acceptors (Lipinski definition) is 8. The maximum Gasteiger partial charge on any atom is 0.435 e. The van der Waals surface area contributed by atoms with Gasteiger partial charge in [-0.3, -0.25) is 15.0 Å². The number of para-hydroxylation sites is 1. The van der Waals surface area contributed by atoms with Crippen LogP contribution in [0.5, 0.6) is 11.8 Å². The Morgan fingerprint density at radius 2 is 1.73 bits per heavy atom. The molecule has 0 atom stereocenters. The van der Waals surface area contributed by atoms with Crippen LogP contribution in [0.4, 0.5) is 34.6 Å². The van der Waals surface area contributed by atoms with Crippen molar-refractivity contribution in [2.45, 2.75) is 32.4 Å². The van der Waals surface area contributed by atoms with E-state index in [1.54, 1.807) is 54.4 Å². The van der Waals surface area contributed by atoms with Crippen LogP contribution in [-0.4, -0.2) is 43.2 Å². The molecular weight excluding hydrogens is 609 g/mol. The molecule has 0 aliphatic carbocycles. The number of thiazole rings is 1. The molecule has 0 spiro atoms. The van der Waals surface area contributed by atoms with Crippen LogP contribution >= 0.6 is 11.3 Å². The lowest BCUT2D eigenvalue weighted by atomic mass is 10.1. The van der Waals surface area contributed by atoms with E-state index in [1.807, 2.05) is 12.1 Å². The van der Waals surface area contributed by atoms with Gasteiger partial charge in [-0.1, -0.05) is 29.5 Å². The molecule has 15 heteroatoms. The van der Waals surface area contributed by atoms with Gasteiger partial charge in [-0.05, 0) is 61.2 Å². The molecule has 1 saturated heterocycles. The highest BCUT2D eigenvalue weighted by Crippen LogP contribution is 2.34. The summed E-state index contributed by atoms with van der Waals surface area (Å²) in [5.41, 5.74) is 0.991. The van der Waals surface area contributed by atoms with Gasteiger partial charge in [0.1, 0.15) is 11.6 Å². The number of aryl methyl sites for hydroxylation is 1. The van der Waals surface area contributed by atoms with Crippen molar-refractivity contribution < 1.29 is 27.5 Å². The third-order valence-electron chi connectivity index (χ3n) is 6.87. The van der Waals surface area contributed by atoms with Gasteiger partial charge >= 0.3 is 18.2 Å². The van der Waals surface area contributed by atoms with Crippen LogP contribution < -0.4 is 20.3 Å². The van der Waals surface area contributed by atoms with Crippen LogP contribution in [0, 0.1) is 6.92 Å². The van der Waals surface area contributed by atoms with E-state index in [-0.39, 0.29) is 23.4 Å². The molecule has 4 heterocycles. The number of alkyl halides is 3. The second-order valence-corrected chi connectivity index (χ2v) is 11.1. The molecule has 3 aromatic heterocycles. The molecule has 5 aromatic rings. The van der Waals surface area contributed by atoms with Crippen LogP contribution in [0.2, 0.25) is 0 Å². The molecule has 6 rings (SSSR count). The largest absolute Gasteiger partial charge is 0.435 e. The first-order chi connectivity index (χ1) is 21.6. The van der Waals surface area contributed by atoms with E-state index in [0.29, 0.717) is 35.1 Å². The molecule has 0 bridgehead atoms. The standard InChI is InChI=1S/C30H25F3N8O3S/c1-18-6-2-3-7-22(18)41-25(14-24(39-41)30(31,32)33)38-27(43)37-20-15-34-28(35-16-20)44-21-11-9-19(10-12-21)23-17-36-29(45-23)40-13-5-4-8-26(40)42/h2-3,6-7,9-12,14-17H,4-5,8,13H2,1H3,(H2,37,38,43). The number of carbonyl (C=O) groups is 2. The van der Waals surface area contributed by atoms with Crippen molar-refractivity contribution in [2.24, 2.45) is 0 Å². The summed E-state index contributed by atoms with van der Waals surface area (Å²) >= 11 is 1.45. The van der Waals surface area contributed by atoms with Gasteiger partial charge in [0.25, 0.3) is 0 Å². The minimum atomic E-state index is -4.70. The minimum Gasteiger partial charge on any atom is -0.424 e. The number of amides is 3. The third-order valence-corrected chi connectivity index (χ3v) is 7.94. The zero-order chi connectivity index (χ0) is 31.6. The molecule has 1 aliphatic heterocycles. The van der Waals surface area contributed by atoms with E-state index in [2.05, 4.69) is 30.7 Å². The first kappa shape index (κ1) is 29.7. The van der Waals surface area contributed by atoms with Gasteiger partial charge in [0.2, 0.25) is 5.91 Å². The molecule has 1 aliphatic rings. The average Bonchev–Trinajstić information content (AvgIpc) is 3.67. The predicted molar refractivity (Wildman–Crippen MR) is 162 cm³/mol. The number of piperidine rings is 1. The molecule has 2 N–H and O–H groups in total. The van der Waals surface area contributed by atoms with Crippen molar-refractivity contribution in [1.29, 1.82) is 0 Å². The van der Waals surface area contributed by atoms with E-state index >= 15 is 0 Å². The van der Waals surface area contributed by atoms with Crippen molar-refractivity contribution in [3.63, 3.8) is 0 Å². The number of rotatable bonds is 7. The van der Waals surface area contributed by atoms with Gasteiger partial charge in [-0.15, -0.1) is 0 Å². The van der Waals surface area contributed by atoms with E-state index < -0.39 is 17.9 Å². The van der Waals surface area contributed by atoms with E-state index in [4.69, 9.17) is 4.74 Å². The van der Waals surface area contributed by atoms with Gasteiger partial charge < -0.3 is 10.1 Å². The summed E-state index contributed by atoms with van der Waals surface area (Å²) in [5.74, 6) is 0.393. The van der Waals surface area contributed by atoms with Crippen LogP contribution in [0.3, 0.4) is 0 Å². The summed E-state index contributed by atoms with van der Waals surface area (Å²) in [5, 5.41) is 9.26. The zero-order valence-electron chi connectivity index (χ0n) is 23.7. The second kappa shape index (κ2) is 12.4. The number of nitrogens with zero attached hydrogens (tertiary/aromatic N) is 6. The summed E-state index contributed by atoms with van der Waals surface area (Å²) in [6, 6.07) is 13.9. The highest BCUT2D eigenvalue weighted by molar-refractivity contribution is 7.19. The Bertz CT molecular complexity index is 1840. The molecule has 1 fully saturated rings.